The molecular formula is C20H22F3N5O3. The number of carbonyl (C=O) groups is 2. The van der Waals surface area contributed by atoms with Crippen LogP contribution in [0.3, 0.4) is 0 Å². The lowest BCUT2D eigenvalue weighted by Crippen LogP contribution is -2.21. The van der Waals surface area contributed by atoms with Gasteiger partial charge in [0.1, 0.15) is 0 Å². The van der Waals surface area contributed by atoms with Crippen LogP contribution in [0, 0.1) is 13.8 Å². The number of halogens is 3. The van der Waals surface area contributed by atoms with Crippen molar-refractivity contribution in [3.63, 3.8) is 0 Å². The molecule has 0 aliphatic rings. The Kier molecular flexibility index (Phi) is 7.21. The Morgan fingerprint density at radius 2 is 1.68 bits per heavy atom. The van der Waals surface area contributed by atoms with E-state index in [0.717, 1.165) is 22.8 Å². The minimum absolute atomic E-state index is 0.211. The van der Waals surface area contributed by atoms with E-state index >= 15 is 0 Å². The van der Waals surface area contributed by atoms with Crippen LogP contribution in [0.4, 0.5) is 18.9 Å². The maximum absolute atomic E-state index is 12.3. The van der Waals surface area contributed by atoms with E-state index in [9.17, 15) is 18.0 Å². The number of nitrogens with zero attached hydrogens (tertiary/aromatic N) is 4. The van der Waals surface area contributed by atoms with Gasteiger partial charge in [-0.3, -0.25) is 9.48 Å². The lowest BCUT2D eigenvalue weighted by Gasteiger charge is -2.08. The Bertz CT molecular complexity index is 1050. The zero-order valence-electron chi connectivity index (χ0n) is 17.3. The third kappa shape index (κ3) is 6.17. The second kappa shape index (κ2) is 9.45. The molecule has 0 atom stereocenters. The van der Waals surface area contributed by atoms with Crippen molar-refractivity contribution in [1.29, 1.82) is 0 Å². The zero-order chi connectivity index (χ0) is 23.3. The van der Waals surface area contributed by atoms with E-state index in [0.29, 0.717) is 5.69 Å². The number of imidazole rings is 1. The fraction of sp³-hybridized carbons (Fsp3) is 0.300. The van der Waals surface area contributed by atoms with Gasteiger partial charge in [-0.15, -0.1) is 0 Å². The molecule has 0 radical (unpaired) electrons. The molecule has 11 heteroatoms. The molecule has 0 fully saturated rings. The summed E-state index contributed by atoms with van der Waals surface area (Å²) in [4.78, 5) is 25.5. The van der Waals surface area contributed by atoms with Crippen LogP contribution in [0.1, 0.15) is 41.8 Å². The van der Waals surface area contributed by atoms with Gasteiger partial charge in [0.2, 0.25) is 0 Å². The Balaban J connectivity index is 0.000000423. The molecule has 0 unspecified atom stereocenters. The summed E-state index contributed by atoms with van der Waals surface area (Å²) in [5.41, 5.74) is 4.26. The molecule has 2 aromatic heterocycles. The number of amides is 1. The Hall–Kier alpha value is -3.63. The maximum Gasteiger partial charge on any atom is 0.490 e. The normalized spacial score (nSPS) is 11.1. The van der Waals surface area contributed by atoms with E-state index in [1.165, 1.54) is 0 Å². The highest BCUT2D eigenvalue weighted by molar-refractivity contribution is 6.02. The van der Waals surface area contributed by atoms with Crippen LogP contribution in [0.15, 0.2) is 42.9 Å². The Morgan fingerprint density at radius 3 is 2.10 bits per heavy atom. The molecule has 0 aliphatic heterocycles. The SMILES string of the molecule is Cc1ncn(-c2ccc(NC(=O)c3ccn(C(C)C)n3)cc2)c1C.O=C(O)C(F)(F)F. The van der Waals surface area contributed by atoms with Crippen LogP contribution in [-0.4, -0.2) is 42.5 Å². The summed E-state index contributed by atoms with van der Waals surface area (Å²) in [6.45, 7) is 8.06. The fourth-order valence-electron chi connectivity index (χ4n) is 2.41. The van der Waals surface area contributed by atoms with Gasteiger partial charge in [0.05, 0.1) is 12.0 Å². The predicted octanol–water partition coefficient (Wildman–Crippen LogP) is 4.15. The molecule has 0 bridgehead atoms. The number of anilines is 1. The highest BCUT2D eigenvalue weighted by Gasteiger charge is 2.38. The van der Waals surface area contributed by atoms with E-state index in [1.54, 1.807) is 17.1 Å². The molecule has 0 saturated heterocycles. The summed E-state index contributed by atoms with van der Waals surface area (Å²) in [5.74, 6) is -2.97. The van der Waals surface area contributed by atoms with Crippen LogP contribution in [0.5, 0.6) is 0 Å². The van der Waals surface area contributed by atoms with E-state index < -0.39 is 12.1 Å². The number of benzene rings is 1. The van der Waals surface area contributed by atoms with Gasteiger partial charge in [0.25, 0.3) is 5.91 Å². The minimum atomic E-state index is -5.08. The second-order valence-electron chi connectivity index (χ2n) is 6.86. The van der Waals surface area contributed by atoms with Gasteiger partial charge in [0, 0.05) is 29.3 Å². The van der Waals surface area contributed by atoms with E-state index in [2.05, 4.69) is 15.4 Å². The lowest BCUT2D eigenvalue weighted by molar-refractivity contribution is -0.192. The average Bonchev–Trinajstić information content (AvgIpc) is 3.31. The summed E-state index contributed by atoms with van der Waals surface area (Å²) < 4.78 is 35.5. The number of nitrogens with one attached hydrogen (secondary N) is 1. The first-order valence-electron chi connectivity index (χ1n) is 9.17. The van der Waals surface area contributed by atoms with Crippen molar-refractivity contribution in [1.82, 2.24) is 19.3 Å². The topological polar surface area (TPSA) is 102 Å². The molecule has 2 heterocycles. The van der Waals surface area contributed by atoms with Crippen molar-refractivity contribution in [3.8, 4) is 5.69 Å². The van der Waals surface area contributed by atoms with Crippen molar-refractivity contribution in [2.24, 2.45) is 0 Å². The molecule has 1 aromatic carbocycles. The third-order valence-corrected chi connectivity index (χ3v) is 4.27. The van der Waals surface area contributed by atoms with Gasteiger partial charge in [-0.25, -0.2) is 9.78 Å². The lowest BCUT2D eigenvalue weighted by atomic mass is 10.2. The van der Waals surface area contributed by atoms with Crippen LogP contribution in [0.2, 0.25) is 0 Å². The monoisotopic (exact) mass is 437 g/mol. The smallest absolute Gasteiger partial charge is 0.475 e. The molecule has 31 heavy (non-hydrogen) atoms. The third-order valence-electron chi connectivity index (χ3n) is 4.27. The summed E-state index contributed by atoms with van der Waals surface area (Å²) in [6, 6.07) is 9.62. The average molecular weight is 437 g/mol. The molecule has 1 amide bonds. The first-order chi connectivity index (χ1) is 14.4. The van der Waals surface area contributed by atoms with Gasteiger partial charge in [0.15, 0.2) is 5.69 Å². The summed E-state index contributed by atoms with van der Waals surface area (Å²) in [7, 11) is 0. The summed E-state index contributed by atoms with van der Waals surface area (Å²) in [5, 5.41) is 14.3. The number of hydrogen-bond acceptors (Lipinski definition) is 4. The van der Waals surface area contributed by atoms with E-state index in [4.69, 9.17) is 9.90 Å². The van der Waals surface area contributed by atoms with Crippen molar-refractivity contribution in [3.05, 3.63) is 59.9 Å². The molecule has 0 spiro atoms. The number of alkyl halides is 3. The van der Waals surface area contributed by atoms with Gasteiger partial charge >= 0.3 is 12.1 Å². The predicted molar refractivity (Wildman–Crippen MR) is 107 cm³/mol. The van der Waals surface area contributed by atoms with E-state index in [1.807, 2.05) is 62.7 Å². The second-order valence-corrected chi connectivity index (χ2v) is 6.86. The molecule has 0 aliphatic carbocycles. The molecule has 3 rings (SSSR count). The Labute approximate surface area is 176 Å². The Morgan fingerprint density at radius 1 is 1.10 bits per heavy atom. The van der Waals surface area contributed by atoms with Crippen molar-refractivity contribution in [2.45, 2.75) is 39.9 Å². The number of hydrogen-bond donors (Lipinski definition) is 2. The van der Waals surface area contributed by atoms with Crippen LogP contribution in [-0.2, 0) is 4.79 Å². The molecule has 3 aromatic rings. The van der Waals surface area contributed by atoms with Crippen molar-refractivity contribution < 1.29 is 27.9 Å². The highest BCUT2D eigenvalue weighted by atomic mass is 19.4. The first kappa shape index (κ1) is 23.6. The van der Waals surface area contributed by atoms with Gasteiger partial charge in [-0.05, 0) is 58.0 Å². The molecular weight excluding hydrogens is 415 g/mol. The van der Waals surface area contributed by atoms with Crippen molar-refractivity contribution >= 4 is 17.6 Å². The zero-order valence-corrected chi connectivity index (χ0v) is 17.3. The standard InChI is InChI=1S/C18H21N5O.C2HF3O2/c1-12(2)23-10-9-17(21-23)18(24)20-15-5-7-16(8-6-15)22-11-19-13(3)14(22)4;3-2(4,5)1(6)7/h5-12H,1-4H3,(H,20,24);(H,6,7). The largest absolute Gasteiger partial charge is 0.490 e. The van der Waals surface area contributed by atoms with E-state index in [-0.39, 0.29) is 11.9 Å². The maximum atomic E-state index is 12.3. The van der Waals surface area contributed by atoms with Crippen LogP contribution in [0.25, 0.3) is 5.69 Å². The van der Waals surface area contributed by atoms with Gasteiger partial charge < -0.3 is 15.0 Å². The fourth-order valence-corrected chi connectivity index (χ4v) is 2.41. The highest BCUT2D eigenvalue weighted by Crippen LogP contribution is 2.17. The number of aromatic nitrogens is 4. The quantitative estimate of drug-likeness (QED) is 0.638. The minimum Gasteiger partial charge on any atom is -0.475 e. The number of aliphatic carboxylic acids is 1. The summed E-state index contributed by atoms with van der Waals surface area (Å²) >= 11 is 0. The number of rotatable bonds is 4. The molecule has 166 valence electrons. The number of carboxylic acid groups (broad SMARTS) is 1. The molecule has 8 nitrogen and oxygen atoms in total. The number of aryl methyl sites for hydroxylation is 1. The number of carboxylic acids is 1. The van der Waals surface area contributed by atoms with Crippen LogP contribution < -0.4 is 5.32 Å². The van der Waals surface area contributed by atoms with Gasteiger partial charge in [-0.2, -0.15) is 18.3 Å². The van der Waals surface area contributed by atoms with Crippen LogP contribution >= 0.6 is 0 Å². The number of carbonyl (C=O) groups excluding carboxylic acids is 1. The summed E-state index contributed by atoms with van der Waals surface area (Å²) in [6.07, 6.45) is -1.47. The molecule has 0 saturated carbocycles. The van der Waals surface area contributed by atoms with Crippen molar-refractivity contribution in [2.75, 3.05) is 5.32 Å². The molecule has 2 N–H and O–H groups in total. The first-order valence-corrected chi connectivity index (χ1v) is 9.17. The van der Waals surface area contributed by atoms with Gasteiger partial charge in [-0.1, -0.05) is 0 Å².